The van der Waals surface area contributed by atoms with Gasteiger partial charge in [0.15, 0.2) is 0 Å². The van der Waals surface area contributed by atoms with E-state index in [1.54, 1.807) is 23.3 Å². The van der Waals surface area contributed by atoms with Gasteiger partial charge in [0.25, 0.3) is 5.91 Å². The number of carbonyl (C=O) groups excluding carboxylic acids is 1. The van der Waals surface area contributed by atoms with Gasteiger partial charge in [-0.05, 0) is 37.5 Å². The third-order valence-corrected chi connectivity index (χ3v) is 6.04. The van der Waals surface area contributed by atoms with E-state index in [0.29, 0.717) is 43.5 Å². The van der Waals surface area contributed by atoms with E-state index in [0.717, 1.165) is 5.39 Å². The fourth-order valence-corrected chi connectivity index (χ4v) is 4.15. The molecule has 1 saturated heterocycles. The van der Waals surface area contributed by atoms with Gasteiger partial charge in [-0.1, -0.05) is 6.07 Å². The number of alkyl halides is 1. The largest absolute Gasteiger partial charge is 0.480 e. The molecule has 1 aliphatic carbocycles. The van der Waals surface area contributed by atoms with Crippen LogP contribution in [0.4, 0.5) is 0 Å². The van der Waals surface area contributed by atoms with Crippen LogP contribution < -0.4 is 0 Å². The lowest BCUT2D eigenvalue weighted by atomic mass is 9.90. The van der Waals surface area contributed by atoms with Gasteiger partial charge in [-0.3, -0.25) is 9.59 Å². The molecule has 1 aromatic carbocycles. The molecule has 6 heteroatoms. The molecule has 0 radical (unpaired) electrons. The van der Waals surface area contributed by atoms with E-state index < -0.39 is 10.8 Å². The number of amides is 1. The second-order valence-electron chi connectivity index (χ2n) is 6.53. The predicted octanol–water partition coefficient (Wildman–Crippen LogP) is 3.12. The van der Waals surface area contributed by atoms with Crippen molar-refractivity contribution in [3.05, 3.63) is 36.1 Å². The van der Waals surface area contributed by atoms with Crippen molar-refractivity contribution in [1.82, 2.24) is 4.90 Å². The minimum atomic E-state index is -1.13. The number of hydrogen-bond acceptors (Lipinski definition) is 3. The Bertz CT molecular complexity index is 806. The summed E-state index contributed by atoms with van der Waals surface area (Å²) >= 11 is 6.20. The highest BCUT2D eigenvalue weighted by molar-refractivity contribution is 6.37. The van der Waals surface area contributed by atoms with Gasteiger partial charge in [0, 0.05) is 29.5 Å². The SMILES string of the molecule is O=C(c1ccc2ccoc2c1)N1CCC2(CC1)CC2(Cl)C(=O)O. The second-order valence-corrected chi connectivity index (χ2v) is 7.17. The van der Waals surface area contributed by atoms with Crippen molar-refractivity contribution >= 4 is 34.4 Å². The van der Waals surface area contributed by atoms with E-state index >= 15 is 0 Å². The number of furan rings is 1. The number of carboxylic acids is 1. The summed E-state index contributed by atoms with van der Waals surface area (Å²) in [7, 11) is 0. The zero-order valence-electron chi connectivity index (χ0n) is 12.4. The van der Waals surface area contributed by atoms with Gasteiger partial charge >= 0.3 is 5.97 Å². The molecule has 23 heavy (non-hydrogen) atoms. The highest BCUT2D eigenvalue weighted by atomic mass is 35.5. The first kappa shape index (κ1) is 14.6. The van der Waals surface area contributed by atoms with E-state index in [1.165, 1.54) is 0 Å². The van der Waals surface area contributed by atoms with Crippen LogP contribution in [0.1, 0.15) is 29.6 Å². The van der Waals surface area contributed by atoms with Gasteiger partial charge in [-0.25, -0.2) is 0 Å². The third-order valence-electron chi connectivity index (χ3n) is 5.35. The zero-order chi connectivity index (χ0) is 16.2. The molecule has 2 aliphatic rings. The van der Waals surface area contributed by atoms with Gasteiger partial charge in [0.2, 0.25) is 0 Å². The van der Waals surface area contributed by atoms with E-state index in [9.17, 15) is 14.7 Å². The van der Waals surface area contributed by atoms with Crippen molar-refractivity contribution in [2.45, 2.75) is 24.1 Å². The van der Waals surface area contributed by atoms with E-state index in [2.05, 4.69) is 0 Å². The molecule has 0 bridgehead atoms. The van der Waals surface area contributed by atoms with Crippen molar-refractivity contribution in [3.63, 3.8) is 0 Å². The summed E-state index contributed by atoms with van der Waals surface area (Å²) in [6.07, 6.45) is 3.37. The highest BCUT2D eigenvalue weighted by Crippen LogP contribution is 2.66. The number of hydrogen-bond donors (Lipinski definition) is 1. The van der Waals surface area contributed by atoms with Crippen LogP contribution in [0.5, 0.6) is 0 Å². The summed E-state index contributed by atoms with van der Waals surface area (Å²) in [5, 5.41) is 10.2. The lowest BCUT2D eigenvalue weighted by molar-refractivity contribution is -0.138. The first-order valence-corrected chi connectivity index (χ1v) is 8.02. The molecule has 1 aliphatic heterocycles. The third kappa shape index (κ3) is 2.06. The quantitative estimate of drug-likeness (QED) is 0.857. The van der Waals surface area contributed by atoms with Gasteiger partial charge in [-0.15, -0.1) is 11.6 Å². The highest BCUT2D eigenvalue weighted by Gasteiger charge is 2.71. The second kappa shape index (κ2) is 4.74. The van der Waals surface area contributed by atoms with Crippen LogP contribution in [0, 0.1) is 5.41 Å². The van der Waals surface area contributed by atoms with Gasteiger partial charge in [0.1, 0.15) is 10.5 Å². The maximum Gasteiger partial charge on any atom is 0.325 e. The van der Waals surface area contributed by atoms with Crippen LogP contribution in [-0.4, -0.2) is 39.8 Å². The van der Waals surface area contributed by atoms with Gasteiger partial charge in [-0.2, -0.15) is 0 Å². The molecule has 120 valence electrons. The number of likely N-dealkylation sites (tertiary alicyclic amines) is 1. The molecule has 1 N–H and O–H groups in total. The molecule has 1 amide bonds. The molecular formula is C17H16ClNO4. The first-order valence-electron chi connectivity index (χ1n) is 7.64. The topological polar surface area (TPSA) is 70.8 Å². The molecule has 1 atom stereocenters. The van der Waals surface area contributed by atoms with E-state index in [4.69, 9.17) is 16.0 Å². The predicted molar refractivity (Wildman–Crippen MR) is 84.6 cm³/mol. The Balaban J connectivity index is 1.48. The molecule has 2 heterocycles. The number of carboxylic acid groups (broad SMARTS) is 1. The number of aliphatic carboxylic acids is 1. The fourth-order valence-electron chi connectivity index (χ4n) is 3.71. The van der Waals surface area contributed by atoms with Crippen molar-refractivity contribution in [3.8, 4) is 0 Å². The zero-order valence-corrected chi connectivity index (χ0v) is 13.2. The standard InChI is InChI=1S/C17H16ClNO4/c18-17(15(21)22)10-16(17)4-6-19(7-5-16)14(20)12-2-1-11-3-8-23-13(11)9-12/h1-3,8-9H,4-7,10H2,(H,21,22). The maximum absolute atomic E-state index is 12.6. The molecule has 1 saturated carbocycles. The van der Waals surface area contributed by atoms with Gasteiger partial charge in [0.05, 0.1) is 6.26 Å². The van der Waals surface area contributed by atoms with Crippen LogP contribution in [0.15, 0.2) is 34.9 Å². The Morgan fingerprint density at radius 3 is 2.61 bits per heavy atom. The average molecular weight is 334 g/mol. The normalized spacial score (nSPS) is 25.7. The number of benzene rings is 1. The van der Waals surface area contributed by atoms with Gasteiger partial charge < -0.3 is 14.4 Å². The molecule has 1 unspecified atom stereocenters. The molecule has 1 aromatic heterocycles. The number of halogens is 1. The van der Waals surface area contributed by atoms with E-state index in [1.807, 2.05) is 12.1 Å². The Morgan fingerprint density at radius 2 is 1.96 bits per heavy atom. The van der Waals surface area contributed by atoms with Crippen molar-refractivity contribution in [1.29, 1.82) is 0 Å². The number of carbonyl (C=O) groups is 2. The average Bonchev–Trinajstić information content (AvgIpc) is 2.93. The number of nitrogens with zero attached hydrogens (tertiary/aromatic N) is 1. The number of rotatable bonds is 2. The summed E-state index contributed by atoms with van der Waals surface area (Å²) in [5.74, 6) is -0.989. The molecular weight excluding hydrogens is 318 g/mol. The number of fused-ring (bicyclic) bond motifs is 1. The summed E-state index contributed by atoms with van der Waals surface area (Å²) in [6, 6.07) is 7.27. The Labute approximate surface area is 137 Å². The Morgan fingerprint density at radius 1 is 1.22 bits per heavy atom. The van der Waals surface area contributed by atoms with Crippen LogP contribution in [-0.2, 0) is 4.79 Å². The minimum Gasteiger partial charge on any atom is -0.480 e. The Hall–Kier alpha value is -2.01. The van der Waals surface area contributed by atoms with Crippen LogP contribution >= 0.6 is 11.6 Å². The molecule has 4 rings (SSSR count). The lowest BCUT2D eigenvalue weighted by Gasteiger charge is -2.33. The summed E-state index contributed by atoms with van der Waals surface area (Å²) in [5.41, 5.74) is 0.939. The van der Waals surface area contributed by atoms with Crippen molar-refractivity contribution in [2.24, 2.45) is 5.41 Å². The summed E-state index contributed by atoms with van der Waals surface area (Å²) in [6.45, 7) is 1.08. The molecule has 2 fully saturated rings. The lowest BCUT2D eigenvalue weighted by Crippen LogP contribution is -2.41. The summed E-state index contributed by atoms with van der Waals surface area (Å²) in [4.78, 5) is 24.5. The van der Waals surface area contributed by atoms with Crippen LogP contribution in [0.2, 0.25) is 0 Å². The Kier molecular flexibility index (Phi) is 3.00. The maximum atomic E-state index is 12.6. The van der Waals surface area contributed by atoms with Crippen molar-refractivity contribution < 1.29 is 19.1 Å². The van der Waals surface area contributed by atoms with Crippen molar-refractivity contribution in [2.75, 3.05) is 13.1 Å². The monoisotopic (exact) mass is 333 g/mol. The molecule has 2 aromatic rings. The van der Waals surface area contributed by atoms with Crippen LogP contribution in [0.3, 0.4) is 0 Å². The number of piperidine rings is 1. The molecule has 5 nitrogen and oxygen atoms in total. The smallest absolute Gasteiger partial charge is 0.325 e. The molecule has 1 spiro atoms. The van der Waals surface area contributed by atoms with E-state index in [-0.39, 0.29) is 11.3 Å². The summed E-state index contributed by atoms with van der Waals surface area (Å²) < 4.78 is 5.34. The first-order chi connectivity index (χ1) is 11.0. The van der Waals surface area contributed by atoms with Crippen LogP contribution in [0.25, 0.3) is 11.0 Å². The minimum absolute atomic E-state index is 0.0469. The fraction of sp³-hybridized carbons (Fsp3) is 0.412.